The van der Waals surface area contributed by atoms with Crippen LogP contribution in [0.25, 0.3) is 0 Å². The van der Waals surface area contributed by atoms with Crippen LogP contribution < -0.4 is 5.32 Å². The SMILES string of the molecule is O=C(O)CCCCCCNC(=O)C1CC(=O)N(C2CCCC2)C1. The Morgan fingerprint density at radius 2 is 1.83 bits per heavy atom. The highest BCUT2D eigenvalue weighted by Gasteiger charge is 2.38. The first-order valence-electron chi connectivity index (χ1n) is 8.87. The van der Waals surface area contributed by atoms with E-state index in [4.69, 9.17) is 5.11 Å². The Morgan fingerprint density at radius 3 is 2.52 bits per heavy atom. The molecule has 0 radical (unpaired) electrons. The molecule has 6 heteroatoms. The van der Waals surface area contributed by atoms with Crippen LogP contribution in [0.1, 0.15) is 64.2 Å². The Hall–Kier alpha value is -1.59. The average Bonchev–Trinajstić information content (AvgIpc) is 3.14. The highest BCUT2D eigenvalue weighted by molar-refractivity contribution is 5.89. The number of nitrogens with zero attached hydrogens (tertiary/aromatic N) is 1. The molecule has 0 bridgehead atoms. The summed E-state index contributed by atoms with van der Waals surface area (Å²) >= 11 is 0. The van der Waals surface area contributed by atoms with Gasteiger partial charge in [0.2, 0.25) is 11.8 Å². The zero-order chi connectivity index (χ0) is 16.7. The third-order valence-electron chi connectivity index (χ3n) is 4.91. The summed E-state index contributed by atoms with van der Waals surface area (Å²) in [7, 11) is 0. The van der Waals surface area contributed by atoms with Crippen molar-refractivity contribution in [2.75, 3.05) is 13.1 Å². The Kier molecular flexibility index (Phi) is 6.86. The molecule has 2 aliphatic rings. The van der Waals surface area contributed by atoms with Gasteiger partial charge < -0.3 is 15.3 Å². The Bertz CT molecular complexity index is 432. The number of hydrogen-bond acceptors (Lipinski definition) is 3. The van der Waals surface area contributed by atoms with Crippen molar-refractivity contribution in [2.45, 2.75) is 70.3 Å². The van der Waals surface area contributed by atoms with Gasteiger partial charge in [-0.05, 0) is 25.7 Å². The number of unbranched alkanes of at least 4 members (excludes halogenated alkanes) is 3. The van der Waals surface area contributed by atoms with Gasteiger partial charge in [-0.3, -0.25) is 14.4 Å². The molecule has 2 fully saturated rings. The van der Waals surface area contributed by atoms with Gasteiger partial charge in [0.1, 0.15) is 0 Å². The normalized spacial score (nSPS) is 21.8. The van der Waals surface area contributed by atoms with Crippen molar-refractivity contribution in [1.29, 1.82) is 0 Å². The van der Waals surface area contributed by atoms with Crippen molar-refractivity contribution in [3.63, 3.8) is 0 Å². The predicted molar refractivity (Wildman–Crippen MR) is 85.8 cm³/mol. The van der Waals surface area contributed by atoms with Gasteiger partial charge in [-0.2, -0.15) is 0 Å². The van der Waals surface area contributed by atoms with Gasteiger partial charge in [0.25, 0.3) is 0 Å². The van der Waals surface area contributed by atoms with Crippen LogP contribution in [-0.4, -0.2) is 46.9 Å². The minimum atomic E-state index is -0.754. The van der Waals surface area contributed by atoms with E-state index in [1.807, 2.05) is 4.90 Å². The van der Waals surface area contributed by atoms with Gasteiger partial charge >= 0.3 is 5.97 Å². The molecule has 6 nitrogen and oxygen atoms in total. The van der Waals surface area contributed by atoms with Crippen molar-refractivity contribution in [3.05, 3.63) is 0 Å². The molecule has 1 saturated heterocycles. The number of carboxylic acid groups (broad SMARTS) is 1. The highest BCUT2D eigenvalue weighted by Crippen LogP contribution is 2.29. The first kappa shape index (κ1) is 17.8. The lowest BCUT2D eigenvalue weighted by Crippen LogP contribution is -2.37. The van der Waals surface area contributed by atoms with Crippen molar-refractivity contribution in [3.8, 4) is 0 Å². The first-order chi connectivity index (χ1) is 11.1. The summed E-state index contributed by atoms with van der Waals surface area (Å²) in [6.45, 7) is 1.19. The number of hydrogen-bond donors (Lipinski definition) is 2. The summed E-state index contributed by atoms with van der Waals surface area (Å²) < 4.78 is 0. The number of aliphatic carboxylic acids is 1. The van der Waals surface area contributed by atoms with Crippen LogP contribution >= 0.6 is 0 Å². The molecule has 130 valence electrons. The molecule has 1 atom stereocenters. The molecule has 2 rings (SSSR count). The average molecular weight is 324 g/mol. The smallest absolute Gasteiger partial charge is 0.303 e. The lowest BCUT2D eigenvalue weighted by molar-refractivity contribution is -0.137. The summed E-state index contributed by atoms with van der Waals surface area (Å²) in [4.78, 5) is 36.5. The Morgan fingerprint density at radius 1 is 1.13 bits per heavy atom. The Balaban J connectivity index is 1.59. The molecule has 1 aliphatic carbocycles. The van der Waals surface area contributed by atoms with E-state index in [0.717, 1.165) is 32.1 Å². The van der Waals surface area contributed by atoms with Gasteiger partial charge in [-0.25, -0.2) is 0 Å². The number of amides is 2. The highest BCUT2D eigenvalue weighted by atomic mass is 16.4. The van der Waals surface area contributed by atoms with E-state index < -0.39 is 5.97 Å². The van der Waals surface area contributed by atoms with E-state index in [2.05, 4.69) is 5.32 Å². The predicted octanol–water partition coefficient (Wildman–Crippen LogP) is 1.93. The number of likely N-dealkylation sites (tertiary alicyclic amines) is 1. The zero-order valence-electron chi connectivity index (χ0n) is 13.8. The van der Waals surface area contributed by atoms with E-state index >= 15 is 0 Å². The van der Waals surface area contributed by atoms with Crippen molar-refractivity contribution in [1.82, 2.24) is 10.2 Å². The lowest BCUT2D eigenvalue weighted by Gasteiger charge is -2.23. The molecule has 1 saturated carbocycles. The first-order valence-corrected chi connectivity index (χ1v) is 8.87. The Labute approximate surface area is 137 Å². The molecule has 0 spiro atoms. The van der Waals surface area contributed by atoms with Gasteiger partial charge in [-0.1, -0.05) is 25.7 Å². The lowest BCUT2D eigenvalue weighted by atomic mass is 10.1. The number of nitrogens with one attached hydrogen (secondary N) is 1. The summed E-state index contributed by atoms with van der Waals surface area (Å²) in [6, 6.07) is 0.356. The van der Waals surface area contributed by atoms with E-state index in [0.29, 0.717) is 32.0 Å². The maximum Gasteiger partial charge on any atom is 0.303 e. The fraction of sp³-hybridized carbons (Fsp3) is 0.824. The number of carbonyl (C=O) groups is 3. The quantitative estimate of drug-likeness (QED) is 0.635. The molecular weight excluding hydrogens is 296 g/mol. The number of carboxylic acids is 1. The maximum atomic E-state index is 12.2. The fourth-order valence-corrected chi connectivity index (χ4v) is 3.59. The molecule has 1 heterocycles. The van der Waals surface area contributed by atoms with Crippen molar-refractivity contribution in [2.24, 2.45) is 5.92 Å². The number of carbonyl (C=O) groups excluding carboxylic acids is 2. The molecule has 2 N–H and O–H groups in total. The van der Waals surface area contributed by atoms with Crippen LogP contribution in [-0.2, 0) is 14.4 Å². The van der Waals surface area contributed by atoms with Crippen LogP contribution in [0.15, 0.2) is 0 Å². The molecule has 0 aromatic carbocycles. The third-order valence-corrected chi connectivity index (χ3v) is 4.91. The minimum absolute atomic E-state index is 0.00983. The van der Waals surface area contributed by atoms with E-state index in [1.165, 1.54) is 12.8 Å². The maximum absolute atomic E-state index is 12.2. The third kappa shape index (κ3) is 5.52. The number of rotatable bonds is 9. The second kappa shape index (κ2) is 8.89. The van der Waals surface area contributed by atoms with Gasteiger partial charge in [0.15, 0.2) is 0 Å². The van der Waals surface area contributed by atoms with Crippen LogP contribution in [0.4, 0.5) is 0 Å². The molecule has 1 aliphatic heterocycles. The summed E-state index contributed by atoms with van der Waals surface area (Å²) in [5.74, 6) is -0.832. The van der Waals surface area contributed by atoms with Gasteiger partial charge in [0.05, 0.1) is 5.92 Å². The molecular formula is C17H28N2O4. The zero-order valence-corrected chi connectivity index (χ0v) is 13.8. The van der Waals surface area contributed by atoms with E-state index in [-0.39, 0.29) is 24.2 Å². The topological polar surface area (TPSA) is 86.7 Å². The monoisotopic (exact) mass is 324 g/mol. The second-order valence-corrected chi connectivity index (χ2v) is 6.73. The van der Waals surface area contributed by atoms with Crippen LogP contribution in [0.2, 0.25) is 0 Å². The standard InChI is InChI=1S/C17H28N2O4/c20-15-11-13(12-19(15)14-7-4-5-8-14)17(23)18-10-6-2-1-3-9-16(21)22/h13-14H,1-12H2,(H,18,23)(H,21,22). The molecule has 2 amide bonds. The molecule has 0 aromatic rings. The van der Waals surface area contributed by atoms with Crippen molar-refractivity contribution >= 4 is 17.8 Å². The summed E-state index contributed by atoms with van der Waals surface area (Å²) in [5, 5.41) is 11.5. The van der Waals surface area contributed by atoms with Crippen LogP contribution in [0.5, 0.6) is 0 Å². The largest absolute Gasteiger partial charge is 0.481 e. The minimum Gasteiger partial charge on any atom is -0.481 e. The van der Waals surface area contributed by atoms with Crippen molar-refractivity contribution < 1.29 is 19.5 Å². The molecule has 1 unspecified atom stereocenters. The summed E-state index contributed by atoms with van der Waals surface area (Å²) in [6.07, 6.45) is 8.45. The van der Waals surface area contributed by atoms with Crippen LogP contribution in [0, 0.1) is 5.92 Å². The van der Waals surface area contributed by atoms with Crippen LogP contribution in [0.3, 0.4) is 0 Å². The van der Waals surface area contributed by atoms with Gasteiger partial charge in [-0.15, -0.1) is 0 Å². The fourth-order valence-electron chi connectivity index (χ4n) is 3.59. The van der Waals surface area contributed by atoms with Gasteiger partial charge in [0, 0.05) is 32.0 Å². The summed E-state index contributed by atoms with van der Waals surface area (Å²) in [5.41, 5.74) is 0. The van der Waals surface area contributed by atoms with E-state index in [9.17, 15) is 14.4 Å². The van der Waals surface area contributed by atoms with E-state index in [1.54, 1.807) is 0 Å². The molecule has 23 heavy (non-hydrogen) atoms. The second-order valence-electron chi connectivity index (χ2n) is 6.73. The molecule has 0 aromatic heterocycles.